The molecular weight excluding hydrogens is 287 g/mol. The lowest BCUT2D eigenvalue weighted by Crippen LogP contribution is -2.09. The Bertz CT molecular complexity index is 774. The molecule has 3 aromatic heterocycles. The molecule has 0 bridgehead atoms. The fourth-order valence-electron chi connectivity index (χ4n) is 1.87. The van der Waals surface area contributed by atoms with Gasteiger partial charge in [0.2, 0.25) is 0 Å². The van der Waals surface area contributed by atoms with E-state index in [9.17, 15) is 13.2 Å². The summed E-state index contributed by atoms with van der Waals surface area (Å²) in [6.45, 7) is 0.383. The summed E-state index contributed by atoms with van der Waals surface area (Å²) in [7, 11) is 0. The van der Waals surface area contributed by atoms with E-state index in [0.29, 0.717) is 17.2 Å². The molecule has 0 amide bonds. The van der Waals surface area contributed by atoms with Crippen molar-refractivity contribution in [2.45, 2.75) is 19.3 Å². The maximum atomic E-state index is 12.7. The van der Waals surface area contributed by atoms with Crippen LogP contribution in [0.3, 0.4) is 0 Å². The van der Waals surface area contributed by atoms with Crippen molar-refractivity contribution in [3.05, 3.63) is 41.6 Å². The van der Waals surface area contributed by atoms with Crippen molar-refractivity contribution in [1.29, 1.82) is 0 Å². The van der Waals surface area contributed by atoms with Gasteiger partial charge in [0.05, 0.1) is 17.5 Å². The van der Waals surface area contributed by atoms with Gasteiger partial charge in [-0.3, -0.25) is 4.40 Å². The van der Waals surface area contributed by atoms with Crippen LogP contribution in [0.5, 0.6) is 0 Å². The fraction of sp³-hybridized carbons (Fsp3) is 0.273. The molecule has 21 heavy (non-hydrogen) atoms. The van der Waals surface area contributed by atoms with Crippen LogP contribution in [0.4, 0.5) is 13.2 Å². The summed E-state index contributed by atoms with van der Waals surface area (Å²) in [5.41, 5.74) is 5.57. The number of nitrogens with zero attached hydrogens (tertiary/aromatic N) is 6. The standard InChI is InChI=1S/C11H10F3N7/c12-11(13,14)7-1-2-9-17-18-10(21(9)4-7)6-20-5-8(3-15)16-19-20/h1-2,4-5H,3,6,15H2. The summed E-state index contributed by atoms with van der Waals surface area (Å²) in [5.74, 6) is 0.324. The summed E-state index contributed by atoms with van der Waals surface area (Å²) in [6, 6.07) is 2.24. The van der Waals surface area contributed by atoms with Crippen molar-refractivity contribution in [3.8, 4) is 0 Å². The van der Waals surface area contributed by atoms with Crippen LogP contribution in [0.2, 0.25) is 0 Å². The van der Waals surface area contributed by atoms with Gasteiger partial charge in [0.1, 0.15) is 6.54 Å². The van der Waals surface area contributed by atoms with Crippen molar-refractivity contribution in [1.82, 2.24) is 29.6 Å². The van der Waals surface area contributed by atoms with Crippen molar-refractivity contribution in [2.75, 3.05) is 0 Å². The maximum Gasteiger partial charge on any atom is 0.417 e. The molecule has 0 fully saturated rings. The van der Waals surface area contributed by atoms with E-state index in [2.05, 4.69) is 20.5 Å². The number of hydrogen-bond donors (Lipinski definition) is 1. The zero-order chi connectivity index (χ0) is 15.0. The zero-order valence-corrected chi connectivity index (χ0v) is 10.6. The van der Waals surface area contributed by atoms with E-state index in [0.717, 1.165) is 12.3 Å². The van der Waals surface area contributed by atoms with Gasteiger partial charge in [-0.15, -0.1) is 15.3 Å². The molecule has 10 heteroatoms. The highest BCUT2D eigenvalue weighted by Crippen LogP contribution is 2.29. The predicted octanol–water partition coefficient (Wildman–Crippen LogP) is 0.847. The van der Waals surface area contributed by atoms with Crippen molar-refractivity contribution in [2.24, 2.45) is 5.73 Å². The number of halogens is 3. The monoisotopic (exact) mass is 297 g/mol. The third kappa shape index (κ3) is 2.57. The van der Waals surface area contributed by atoms with Gasteiger partial charge >= 0.3 is 6.18 Å². The highest BCUT2D eigenvalue weighted by molar-refractivity contribution is 5.40. The van der Waals surface area contributed by atoms with Gasteiger partial charge in [0, 0.05) is 12.7 Å². The quantitative estimate of drug-likeness (QED) is 0.774. The van der Waals surface area contributed by atoms with E-state index in [1.54, 1.807) is 6.20 Å². The van der Waals surface area contributed by atoms with Crippen LogP contribution in [-0.2, 0) is 19.3 Å². The minimum Gasteiger partial charge on any atom is -0.325 e. The van der Waals surface area contributed by atoms with Crippen LogP contribution in [0, 0.1) is 0 Å². The van der Waals surface area contributed by atoms with Crippen LogP contribution in [0.1, 0.15) is 17.1 Å². The Kier molecular flexibility index (Phi) is 3.09. The first-order chi connectivity index (χ1) is 9.97. The molecule has 0 unspecified atom stereocenters. The van der Waals surface area contributed by atoms with Crippen molar-refractivity contribution < 1.29 is 13.2 Å². The van der Waals surface area contributed by atoms with E-state index in [-0.39, 0.29) is 13.1 Å². The first kappa shape index (κ1) is 13.5. The Morgan fingerprint density at radius 2 is 1.90 bits per heavy atom. The van der Waals surface area contributed by atoms with Crippen LogP contribution >= 0.6 is 0 Å². The molecule has 3 heterocycles. The minimum atomic E-state index is -4.42. The second-order valence-corrected chi connectivity index (χ2v) is 4.37. The molecule has 3 aromatic rings. The maximum absolute atomic E-state index is 12.7. The molecule has 7 nitrogen and oxygen atoms in total. The third-order valence-corrected chi connectivity index (χ3v) is 2.90. The van der Waals surface area contributed by atoms with E-state index < -0.39 is 11.7 Å². The summed E-state index contributed by atoms with van der Waals surface area (Å²) in [5, 5.41) is 15.3. The van der Waals surface area contributed by atoms with E-state index in [4.69, 9.17) is 5.73 Å². The number of fused-ring (bicyclic) bond motifs is 1. The molecule has 0 atom stereocenters. The Hall–Kier alpha value is -2.49. The first-order valence-electron chi connectivity index (χ1n) is 5.97. The zero-order valence-electron chi connectivity index (χ0n) is 10.6. The SMILES string of the molecule is NCc1cn(Cc2nnc3ccc(C(F)(F)F)cn23)nn1. The Morgan fingerprint density at radius 3 is 2.57 bits per heavy atom. The van der Waals surface area contributed by atoms with E-state index in [1.165, 1.54) is 15.1 Å². The predicted molar refractivity (Wildman–Crippen MR) is 65.0 cm³/mol. The highest BCUT2D eigenvalue weighted by atomic mass is 19.4. The summed E-state index contributed by atoms with van der Waals surface area (Å²) < 4.78 is 40.9. The second kappa shape index (κ2) is 4.81. The van der Waals surface area contributed by atoms with Gasteiger partial charge in [-0.1, -0.05) is 5.21 Å². The lowest BCUT2D eigenvalue weighted by Gasteiger charge is -2.07. The molecule has 0 aliphatic carbocycles. The van der Waals surface area contributed by atoms with Gasteiger partial charge in [-0.05, 0) is 12.1 Å². The highest BCUT2D eigenvalue weighted by Gasteiger charge is 2.31. The molecule has 0 aromatic carbocycles. The minimum absolute atomic E-state index is 0.148. The number of rotatable bonds is 3. The Balaban J connectivity index is 1.98. The molecule has 3 rings (SSSR count). The lowest BCUT2D eigenvalue weighted by molar-refractivity contribution is -0.137. The molecule has 0 spiro atoms. The fourth-order valence-corrected chi connectivity index (χ4v) is 1.87. The third-order valence-electron chi connectivity index (χ3n) is 2.90. The van der Waals surface area contributed by atoms with Crippen molar-refractivity contribution >= 4 is 5.65 Å². The van der Waals surface area contributed by atoms with Gasteiger partial charge in [-0.2, -0.15) is 13.2 Å². The molecule has 2 N–H and O–H groups in total. The molecule has 0 saturated carbocycles. The van der Waals surface area contributed by atoms with Crippen LogP contribution in [-0.4, -0.2) is 29.6 Å². The largest absolute Gasteiger partial charge is 0.417 e. The molecule has 0 aliphatic heterocycles. The Labute approximate surface area is 116 Å². The molecule has 110 valence electrons. The van der Waals surface area contributed by atoms with Gasteiger partial charge in [0.15, 0.2) is 11.5 Å². The average Bonchev–Trinajstić information content (AvgIpc) is 3.05. The Morgan fingerprint density at radius 1 is 1.10 bits per heavy atom. The molecular formula is C11H10F3N7. The van der Waals surface area contributed by atoms with Crippen LogP contribution in [0.25, 0.3) is 5.65 Å². The second-order valence-electron chi connectivity index (χ2n) is 4.37. The lowest BCUT2D eigenvalue weighted by atomic mass is 10.3. The van der Waals surface area contributed by atoms with Crippen LogP contribution < -0.4 is 5.73 Å². The number of hydrogen-bond acceptors (Lipinski definition) is 5. The first-order valence-corrected chi connectivity index (χ1v) is 5.97. The molecule has 0 aliphatic rings. The summed E-state index contributed by atoms with van der Waals surface area (Å²) in [6.07, 6.45) is -1.85. The number of pyridine rings is 1. The van der Waals surface area contributed by atoms with Gasteiger partial charge < -0.3 is 5.73 Å². The van der Waals surface area contributed by atoms with Crippen LogP contribution in [0.15, 0.2) is 24.5 Å². The normalized spacial score (nSPS) is 12.2. The van der Waals surface area contributed by atoms with E-state index >= 15 is 0 Å². The smallest absolute Gasteiger partial charge is 0.325 e. The van der Waals surface area contributed by atoms with Gasteiger partial charge in [0.25, 0.3) is 0 Å². The average molecular weight is 297 g/mol. The number of nitrogens with two attached hydrogens (primary N) is 1. The van der Waals surface area contributed by atoms with Crippen molar-refractivity contribution in [3.63, 3.8) is 0 Å². The summed E-state index contributed by atoms with van der Waals surface area (Å²) in [4.78, 5) is 0. The molecule has 0 saturated heterocycles. The topological polar surface area (TPSA) is 86.9 Å². The number of aromatic nitrogens is 6. The molecule has 0 radical (unpaired) electrons. The number of alkyl halides is 3. The summed E-state index contributed by atoms with van der Waals surface area (Å²) >= 11 is 0. The van der Waals surface area contributed by atoms with Gasteiger partial charge in [-0.25, -0.2) is 4.68 Å². The van der Waals surface area contributed by atoms with E-state index in [1.807, 2.05) is 0 Å².